The van der Waals surface area contributed by atoms with Crippen molar-refractivity contribution in [3.05, 3.63) is 23.8 Å². The van der Waals surface area contributed by atoms with Crippen molar-refractivity contribution in [1.29, 1.82) is 0 Å². The van der Waals surface area contributed by atoms with E-state index in [4.69, 9.17) is 20.6 Å². The van der Waals surface area contributed by atoms with Gasteiger partial charge in [0.25, 0.3) is 0 Å². The maximum absolute atomic E-state index is 11.5. The Morgan fingerprint density at radius 3 is 2.38 bits per heavy atom. The summed E-state index contributed by atoms with van der Waals surface area (Å²) in [6.45, 7) is 3.72. The van der Waals surface area contributed by atoms with E-state index >= 15 is 0 Å². The zero-order valence-electron chi connectivity index (χ0n) is 13.5. The third kappa shape index (κ3) is 9.26. The molecule has 0 spiro atoms. The van der Waals surface area contributed by atoms with E-state index < -0.39 is 33.1 Å². The highest BCUT2D eigenvalue weighted by Crippen LogP contribution is 2.35. The van der Waals surface area contributed by atoms with Crippen LogP contribution in [0.15, 0.2) is 18.2 Å². The van der Waals surface area contributed by atoms with E-state index in [2.05, 4.69) is 23.7 Å². The molecule has 1 aromatic carbocycles. The summed E-state index contributed by atoms with van der Waals surface area (Å²) in [6.07, 6.45) is 1.31. The minimum atomic E-state index is -2.65. The molecule has 0 fully saturated rings. The van der Waals surface area contributed by atoms with Crippen molar-refractivity contribution in [3.8, 4) is 11.5 Å². The average molecular weight is 362 g/mol. The summed E-state index contributed by atoms with van der Waals surface area (Å²) >= 11 is 0. The molecule has 0 aliphatic carbocycles. The van der Waals surface area contributed by atoms with Gasteiger partial charge < -0.3 is 35.6 Å². The van der Waals surface area contributed by atoms with Crippen molar-refractivity contribution >= 4 is 20.5 Å². The fourth-order valence-electron chi connectivity index (χ4n) is 1.50. The van der Waals surface area contributed by atoms with Gasteiger partial charge in [-0.2, -0.15) is 0 Å². The number of aromatic hydroxyl groups is 1. The molecule has 136 valence electrons. The van der Waals surface area contributed by atoms with E-state index in [1.54, 1.807) is 0 Å². The van der Waals surface area contributed by atoms with Crippen LogP contribution in [0.5, 0.6) is 11.5 Å². The number of phenols is 1. The molecule has 1 unspecified atom stereocenters. The first kappa shape index (κ1) is 22.1. The van der Waals surface area contributed by atoms with Gasteiger partial charge in [-0.25, -0.2) is 0 Å². The van der Waals surface area contributed by atoms with Crippen LogP contribution >= 0.6 is 8.60 Å². The number of carbonyl (C=O) groups is 2. The SMILES string of the molecule is CCC.NC(Cc1ccc(OP(O)O)c(O)c1)C(=O)NCC(=O)O. The number of benzene rings is 1. The van der Waals surface area contributed by atoms with Crippen LogP contribution in [0, 0.1) is 0 Å². The smallest absolute Gasteiger partial charge is 0.391 e. The highest BCUT2D eigenvalue weighted by molar-refractivity contribution is 7.39. The van der Waals surface area contributed by atoms with E-state index in [1.807, 2.05) is 0 Å². The second-order valence-electron chi connectivity index (χ2n) is 4.78. The van der Waals surface area contributed by atoms with E-state index in [1.165, 1.54) is 24.6 Å². The molecule has 1 rings (SSSR count). The molecule has 0 saturated heterocycles. The molecule has 0 heterocycles. The lowest BCUT2D eigenvalue weighted by Gasteiger charge is -2.13. The van der Waals surface area contributed by atoms with E-state index in [0.29, 0.717) is 5.56 Å². The van der Waals surface area contributed by atoms with E-state index in [-0.39, 0.29) is 17.9 Å². The Balaban J connectivity index is 0.00000163. The largest absolute Gasteiger partial charge is 0.504 e. The molecule has 0 bridgehead atoms. The summed E-state index contributed by atoms with van der Waals surface area (Å²) in [5.74, 6) is -2.26. The van der Waals surface area contributed by atoms with Crippen LogP contribution < -0.4 is 15.6 Å². The topological polar surface area (TPSA) is 162 Å². The second-order valence-corrected chi connectivity index (χ2v) is 5.46. The molecule has 24 heavy (non-hydrogen) atoms. The third-order valence-corrected chi connectivity index (χ3v) is 2.77. The predicted molar refractivity (Wildman–Crippen MR) is 88.4 cm³/mol. The molecule has 0 radical (unpaired) electrons. The number of carboxylic acid groups (broad SMARTS) is 1. The Labute approximate surface area is 141 Å². The molecule has 0 saturated carbocycles. The predicted octanol–water partition coefficient (Wildman–Crippen LogP) is 0.469. The van der Waals surface area contributed by atoms with E-state index in [0.717, 1.165) is 0 Å². The van der Waals surface area contributed by atoms with Crippen LogP contribution in [-0.2, 0) is 16.0 Å². The molecule has 0 aliphatic heterocycles. The summed E-state index contributed by atoms with van der Waals surface area (Å²) in [7, 11) is -2.65. The molecule has 0 aromatic heterocycles. The fourth-order valence-corrected chi connectivity index (χ4v) is 1.83. The molecular weight excluding hydrogens is 339 g/mol. The minimum Gasteiger partial charge on any atom is -0.504 e. The van der Waals surface area contributed by atoms with Gasteiger partial charge in [0.1, 0.15) is 6.54 Å². The number of nitrogens with two attached hydrogens (primary N) is 1. The third-order valence-electron chi connectivity index (χ3n) is 2.41. The minimum absolute atomic E-state index is 0.0618. The number of phenolic OH excluding ortho intramolecular Hbond substituents is 1. The number of nitrogens with one attached hydrogen (secondary N) is 1. The molecule has 7 N–H and O–H groups in total. The molecule has 1 amide bonds. The number of hydrogen-bond acceptors (Lipinski definition) is 7. The maximum atomic E-state index is 11.5. The van der Waals surface area contributed by atoms with Gasteiger partial charge in [-0.1, -0.05) is 26.3 Å². The van der Waals surface area contributed by atoms with Gasteiger partial charge in [0, 0.05) is 0 Å². The number of hydrogen-bond donors (Lipinski definition) is 6. The Bertz CT molecular complexity index is 540. The van der Waals surface area contributed by atoms with Crippen molar-refractivity contribution in [1.82, 2.24) is 5.32 Å². The molecular formula is C14H23N2O7P. The van der Waals surface area contributed by atoms with Crippen LogP contribution in [0.3, 0.4) is 0 Å². The Morgan fingerprint density at radius 2 is 1.92 bits per heavy atom. The van der Waals surface area contributed by atoms with Gasteiger partial charge in [-0.3, -0.25) is 9.59 Å². The number of carbonyl (C=O) groups excluding carboxylic acids is 1. The van der Waals surface area contributed by atoms with Gasteiger partial charge in [0.2, 0.25) is 5.91 Å². The van der Waals surface area contributed by atoms with Crippen LogP contribution in [0.1, 0.15) is 25.8 Å². The zero-order valence-corrected chi connectivity index (χ0v) is 14.4. The van der Waals surface area contributed by atoms with Crippen LogP contribution in [-0.4, -0.2) is 44.5 Å². The fraction of sp³-hybridized carbons (Fsp3) is 0.429. The summed E-state index contributed by atoms with van der Waals surface area (Å²) in [4.78, 5) is 39.2. The first-order valence-corrected chi connectivity index (χ1v) is 8.30. The molecule has 1 aromatic rings. The Morgan fingerprint density at radius 1 is 1.33 bits per heavy atom. The number of carboxylic acids is 1. The van der Waals surface area contributed by atoms with E-state index in [9.17, 15) is 14.7 Å². The standard InChI is InChI=1S/C11H15N2O7P.C3H8/c12-7(11(17)13-5-10(15)16)3-6-1-2-9(8(14)4-6)20-21(18)19;1-3-2/h1-2,4,7,14,18-19H,3,5,12H2,(H,13,17)(H,15,16);3H2,1-2H3. The van der Waals surface area contributed by atoms with Crippen LogP contribution in [0.2, 0.25) is 0 Å². The monoisotopic (exact) mass is 362 g/mol. The van der Waals surface area contributed by atoms with Crippen molar-refractivity contribution < 1.29 is 34.1 Å². The molecule has 1 atom stereocenters. The number of aliphatic carboxylic acids is 1. The molecule has 9 nitrogen and oxygen atoms in total. The van der Waals surface area contributed by atoms with Crippen molar-refractivity contribution in [2.75, 3.05) is 6.54 Å². The van der Waals surface area contributed by atoms with Gasteiger partial charge in [-0.05, 0) is 24.1 Å². The first-order chi connectivity index (χ1) is 11.2. The molecule has 0 aliphatic rings. The summed E-state index contributed by atoms with van der Waals surface area (Å²) in [6, 6.07) is 3.06. The number of rotatable bonds is 7. The van der Waals surface area contributed by atoms with Crippen LogP contribution in [0.4, 0.5) is 0 Å². The highest BCUT2D eigenvalue weighted by Gasteiger charge is 2.16. The maximum Gasteiger partial charge on any atom is 0.391 e. The lowest BCUT2D eigenvalue weighted by Crippen LogP contribution is -2.43. The lowest BCUT2D eigenvalue weighted by molar-refractivity contribution is -0.138. The van der Waals surface area contributed by atoms with Crippen molar-refractivity contribution in [3.63, 3.8) is 0 Å². The molecule has 10 heteroatoms. The van der Waals surface area contributed by atoms with Gasteiger partial charge in [0.15, 0.2) is 11.5 Å². The zero-order chi connectivity index (χ0) is 18.7. The second kappa shape index (κ2) is 11.6. The Kier molecular flexibility index (Phi) is 10.7. The van der Waals surface area contributed by atoms with Gasteiger partial charge >= 0.3 is 14.6 Å². The normalized spacial score (nSPS) is 11.2. The summed E-state index contributed by atoms with van der Waals surface area (Å²) in [5, 5.41) is 20.2. The average Bonchev–Trinajstić information content (AvgIpc) is 2.48. The van der Waals surface area contributed by atoms with Gasteiger partial charge in [-0.15, -0.1) is 0 Å². The van der Waals surface area contributed by atoms with Crippen molar-refractivity contribution in [2.24, 2.45) is 5.73 Å². The summed E-state index contributed by atoms with van der Waals surface area (Å²) in [5.41, 5.74) is 6.11. The number of amides is 1. The first-order valence-electron chi connectivity index (χ1n) is 7.14. The Hall–Kier alpha value is -1.93. The van der Waals surface area contributed by atoms with Gasteiger partial charge in [0.05, 0.1) is 6.04 Å². The highest BCUT2D eigenvalue weighted by atomic mass is 31.2. The quantitative estimate of drug-likeness (QED) is 0.381. The van der Waals surface area contributed by atoms with Crippen LogP contribution in [0.25, 0.3) is 0 Å². The van der Waals surface area contributed by atoms with Crippen molar-refractivity contribution in [2.45, 2.75) is 32.7 Å². The summed E-state index contributed by atoms with van der Waals surface area (Å²) < 4.78 is 4.57. The lowest BCUT2D eigenvalue weighted by atomic mass is 10.1.